The molecule has 4 aromatic rings. The molecule has 0 fully saturated rings. The van der Waals surface area contributed by atoms with Crippen LogP contribution in [-0.2, 0) is 13.0 Å². The minimum Gasteiger partial charge on any atom is -0.494 e. The summed E-state index contributed by atoms with van der Waals surface area (Å²) >= 11 is 0. The van der Waals surface area contributed by atoms with Gasteiger partial charge >= 0.3 is 5.69 Å². The van der Waals surface area contributed by atoms with Crippen LogP contribution in [0.3, 0.4) is 0 Å². The van der Waals surface area contributed by atoms with E-state index >= 15 is 0 Å². The van der Waals surface area contributed by atoms with Gasteiger partial charge in [0.05, 0.1) is 23.4 Å². The van der Waals surface area contributed by atoms with Crippen LogP contribution in [0.5, 0.6) is 5.75 Å². The van der Waals surface area contributed by atoms with Crippen molar-refractivity contribution in [2.24, 2.45) is 0 Å². The van der Waals surface area contributed by atoms with E-state index in [1.807, 2.05) is 19.1 Å². The predicted octanol–water partition coefficient (Wildman–Crippen LogP) is 5.48. The maximum Gasteiger partial charge on any atom is 0.307 e. The van der Waals surface area contributed by atoms with Gasteiger partial charge in [-0.1, -0.05) is 25.1 Å². The number of ether oxygens (including phenoxy) is 1. The number of nitrogens with one attached hydrogen (secondary N) is 1. The number of aromatic nitrogens is 3. The largest absolute Gasteiger partial charge is 0.494 e. The van der Waals surface area contributed by atoms with E-state index in [1.54, 1.807) is 6.20 Å². The molecule has 0 bridgehead atoms. The number of nitro groups is 1. The Kier molecular flexibility index (Phi) is 5.72. The predicted molar refractivity (Wildman–Crippen MR) is 121 cm³/mol. The molecule has 4 rings (SSSR count). The SMILES string of the molecule is CCc1cnc(Nc2cc([N+](=O)[O-])c(F)cc2OC)nc1-c1cn(CC)c2ccccc12. The number of hydrogen-bond donors (Lipinski definition) is 1. The number of fused-ring (bicyclic) bond motifs is 1. The fourth-order valence-corrected chi connectivity index (χ4v) is 3.73. The van der Waals surface area contributed by atoms with Gasteiger partial charge < -0.3 is 14.6 Å². The maximum absolute atomic E-state index is 14.0. The minimum absolute atomic E-state index is 0.111. The Balaban J connectivity index is 1.83. The molecule has 8 nitrogen and oxygen atoms in total. The van der Waals surface area contributed by atoms with Crippen molar-refractivity contribution in [2.75, 3.05) is 12.4 Å². The summed E-state index contributed by atoms with van der Waals surface area (Å²) in [5.41, 5.74) is 3.35. The van der Waals surface area contributed by atoms with Crippen molar-refractivity contribution >= 4 is 28.2 Å². The Morgan fingerprint density at radius 1 is 1.25 bits per heavy atom. The zero-order valence-electron chi connectivity index (χ0n) is 17.9. The van der Waals surface area contributed by atoms with Crippen LogP contribution in [0.4, 0.5) is 21.7 Å². The molecule has 2 heterocycles. The van der Waals surface area contributed by atoms with E-state index in [9.17, 15) is 14.5 Å². The van der Waals surface area contributed by atoms with Crippen molar-refractivity contribution in [1.29, 1.82) is 0 Å². The standard InChI is InChI=1S/C23H22FN5O3/c1-4-14-12-25-23(26-18-11-20(29(30)31)17(24)10-21(18)32-3)27-22(14)16-13-28(5-2)19-9-7-6-8-15(16)19/h6-13H,4-5H2,1-3H3,(H,25,26,27). The van der Waals surface area contributed by atoms with E-state index in [4.69, 9.17) is 9.72 Å². The summed E-state index contributed by atoms with van der Waals surface area (Å²) in [4.78, 5) is 19.5. The lowest BCUT2D eigenvalue weighted by atomic mass is 10.0. The summed E-state index contributed by atoms with van der Waals surface area (Å²) in [7, 11) is 1.36. The third-order valence-electron chi connectivity index (χ3n) is 5.34. The summed E-state index contributed by atoms with van der Waals surface area (Å²) in [6.45, 7) is 4.92. The quantitative estimate of drug-likeness (QED) is 0.305. The number of aryl methyl sites for hydroxylation is 2. The normalized spacial score (nSPS) is 11.0. The van der Waals surface area contributed by atoms with Gasteiger partial charge in [-0.3, -0.25) is 10.1 Å². The number of para-hydroxylation sites is 1. The van der Waals surface area contributed by atoms with Crippen LogP contribution < -0.4 is 10.1 Å². The Labute approximate surface area is 183 Å². The van der Waals surface area contributed by atoms with E-state index in [0.29, 0.717) is 0 Å². The maximum atomic E-state index is 14.0. The molecule has 0 aliphatic rings. The first-order valence-electron chi connectivity index (χ1n) is 10.2. The highest BCUT2D eigenvalue weighted by atomic mass is 19.1. The topological polar surface area (TPSA) is 95.1 Å². The van der Waals surface area contributed by atoms with Gasteiger partial charge in [-0.2, -0.15) is 4.39 Å². The van der Waals surface area contributed by atoms with Crippen LogP contribution in [-0.4, -0.2) is 26.6 Å². The Bertz CT molecular complexity index is 1320. The van der Waals surface area contributed by atoms with Gasteiger partial charge in [0.2, 0.25) is 11.8 Å². The lowest BCUT2D eigenvalue weighted by molar-refractivity contribution is -0.387. The van der Waals surface area contributed by atoms with Crippen molar-refractivity contribution in [1.82, 2.24) is 14.5 Å². The number of anilines is 2. The van der Waals surface area contributed by atoms with Gasteiger partial charge in [-0.25, -0.2) is 9.97 Å². The molecule has 32 heavy (non-hydrogen) atoms. The lowest BCUT2D eigenvalue weighted by Gasteiger charge is -2.12. The van der Waals surface area contributed by atoms with Crippen molar-refractivity contribution in [2.45, 2.75) is 26.8 Å². The number of rotatable bonds is 7. The molecule has 0 aliphatic carbocycles. The Morgan fingerprint density at radius 2 is 2.03 bits per heavy atom. The highest BCUT2D eigenvalue weighted by molar-refractivity contribution is 5.96. The lowest BCUT2D eigenvalue weighted by Crippen LogP contribution is -2.04. The molecule has 1 N–H and O–H groups in total. The molecule has 0 atom stereocenters. The number of nitrogens with zero attached hydrogens (tertiary/aromatic N) is 4. The highest BCUT2D eigenvalue weighted by Gasteiger charge is 2.20. The van der Waals surface area contributed by atoms with Gasteiger partial charge in [-0.15, -0.1) is 0 Å². The summed E-state index contributed by atoms with van der Waals surface area (Å²) in [6.07, 6.45) is 4.53. The molecule has 0 saturated heterocycles. The third kappa shape index (κ3) is 3.73. The first-order valence-corrected chi connectivity index (χ1v) is 10.2. The van der Waals surface area contributed by atoms with Crippen LogP contribution >= 0.6 is 0 Å². The number of nitro benzene ring substituents is 1. The van der Waals surface area contributed by atoms with E-state index in [0.717, 1.165) is 52.8 Å². The molecular weight excluding hydrogens is 413 g/mol. The highest BCUT2D eigenvalue weighted by Crippen LogP contribution is 2.35. The number of benzene rings is 2. The van der Waals surface area contributed by atoms with Crippen LogP contribution in [0, 0.1) is 15.9 Å². The molecule has 0 unspecified atom stereocenters. The van der Waals surface area contributed by atoms with E-state index in [2.05, 4.69) is 40.1 Å². The van der Waals surface area contributed by atoms with E-state index < -0.39 is 16.4 Å². The molecule has 9 heteroatoms. The van der Waals surface area contributed by atoms with Gasteiger partial charge in [0, 0.05) is 47.5 Å². The van der Waals surface area contributed by atoms with Crippen molar-refractivity contribution in [3.8, 4) is 17.0 Å². The second kappa shape index (κ2) is 8.62. The molecule has 0 amide bonds. The Hall–Kier alpha value is -4.01. The number of halogens is 1. The zero-order chi connectivity index (χ0) is 22.8. The van der Waals surface area contributed by atoms with Crippen molar-refractivity contribution < 1.29 is 14.1 Å². The third-order valence-corrected chi connectivity index (χ3v) is 5.34. The van der Waals surface area contributed by atoms with Crippen molar-refractivity contribution in [3.63, 3.8) is 0 Å². The van der Waals surface area contributed by atoms with Crippen LogP contribution in [0.1, 0.15) is 19.4 Å². The average molecular weight is 435 g/mol. The first-order chi connectivity index (χ1) is 15.5. The molecule has 2 aromatic heterocycles. The van der Waals surface area contributed by atoms with Crippen LogP contribution in [0.25, 0.3) is 22.2 Å². The molecule has 164 valence electrons. The number of methoxy groups -OCH3 is 1. The van der Waals surface area contributed by atoms with Gasteiger partial charge in [-0.05, 0) is 25.0 Å². The smallest absolute Gasteiger partial charge is 0.307 e. The molecule has 0 spiro atoms. The zero-order valence-corrected chi connectivity index (χ0v) is 17.9. The molecule has 0 saturated carbocycles. The van der Waals surface area contributed by atoms with Gasteiger partial charge in [0.15, 0.2) is 0 Å². The number of hydrogen-bond acceptors (Lipinski definition) is 6. The molecular formula is C23H22FN5O3. The molecule has 0 aliphatic heterocycles. The summed E-state index contributed by atoms with van der Waals surface area (Å²) in [5, 5.41) is 15.2. The second-order valence-corrected chi connectivity index (χ2v) is 7.15. The van der Waals surface area contributed by atoms with Crippen LogP contribution in [0.2, 0.25) is 0 Å². The summed E-state index contributed by atoms with van der Waals surface area (Å²) in [6, 6.07) is 10.2. The van der Waals surface area contributed by atoms with Crippen molar-refractivity contribution in [3.05, 3.63) is 70.3 Å². The molecule has 2 aromatic carbocycles. The average Bonchev–Trinajstić information content (AvgIpc) is 3.18. The fraction of sp³-hybridized carbons (Fsp3) is 0.217. The van der Waals surface area contributed by atoms with E-state index in [1.165, 1.54) is 7.11 Å². The van der Waals surface area contributed by atoms with E-state index in [-0.39, 0.29) is 17.4 Å². The summed E-state index contributed by atoms with van der Waals surface area (Å²) in [5.74, 6) is -0.641. The monoisotopic (exact) mass is 435 g/mol. The minimum atomic E-state index is -0.979. The Morgan fingerprint density at radius 3 is 2.72 bits per heavy atom. The second-order valence-electron chi connectivity index (χ2n) is 7.15. The first kappa shape index (κ1) is 21.2. The van der Waals surface area contributed by atoms with Crippen LogP contribution in [0.15, 0.2) is 48.8 Å². The summed E-state index contributed by atoms with van der Waals surface area (Å²) < 4.78 is 21.3. The molecule has 0 radical (unpaired) electrons. The van der Waals surface area contributed by atoms with Gasteiger partial charge in [0.25, 0.3) is 0 Å². The van der Waals surface area contributed by atoms with Gasteiger partial charge in [0.1, 0.15) is 5.75 Å². The fourth-order valence-electron chi connectivity index (χ4n) is 3.73.